The van der Waals surface area contributed by atoms with E-state index in [2.05, 4.69) is 25.8 Å². The standard InChI is InChI=1S/C22H32NO/c1-21(14-7-8-15-21)22(24,20-12-5-3-6-13-20)16-11-19-23(2)17-9-4-10-18-23/h3,5-6,12-13,24H,4,7-10,14-15,17-19H2,1-2H3/q+1/t22-/m1/s1. The van der Waals surface area contributed by atoms with E-state index < -0.39 is 5.60 Å². The van der Waals surface area contributed by atoms with E-state index in [0.29, 0.717) is 0 Å². The lowest BCUT2D eigenvalue weighted by molar-refractivity contribution is -0.907. The van der Waals surface area contributed by atoms with Crippen LogP contribution in [0.3, 0.4) is 0 Å². The summed E-state index contributed by atoms with van der Waals surface area (Å²) in [7, 11) is 2.31. The van der Waals surface area contributed by atoms with Gasteiger partial charge in [0.05, 0.1) is 20.1 Å². The number of aliphatic hydroxyl groups is 1. The molecule has 1 saturated heterocycles. The molecule has 3 rings (SSSR count). The lowest BCUT2D eigenvalue weighted by Crippen LogP contribution is -2.48. The molecule has 0 unspecified atom stereocenters. The number of quaternary nitrogens is 1. The molecule has 1 aliphatic carbocycles. The molecule has 1 aromatic rings. The van der Waals surface area contributed by atoms with Crippen molar-refractivity contribution in [1.29, 1.82) is 0 Å². The van der Waals surface area contributed by atoms with E-state index >= 15 is 0 Å². The second kappa shape index (κ2) is 6.90. The summed E-state index contributed by atoms with van der Waals surface area (Å²) < 4.78 is 1.04. The highest BCUT2D eigenvalue weighted by atomic mass is 16.3. The minimum absolute atomic E-state index is 0.137. The predicted octanol–water partition coefficient (Wildman–Crippen LogP) is 4.09. The molecule has 1 aromatic carbocycles. The molecule has 1 atom stereocenters. The highest BCUT2D eigenvalue weighted by Crippen LogP contribution is 2.50. The predicted molar refractivity (Wildman–Crippen MR) is 99.3 cm³/mol. The van der Waals surface area contributed by atoms with Gasteiger partial charge in [0.25, 0.3) is 0 Å². The van der Waals surface area contributed by atoms with Crippen molar-refractivity contribution in [3.63, 3.8) is 0 Å². The van der Waals surface area contributed by atoms with Gasteiger partial charge in [-0.15, -0.1) is 0 Å². The van der Waals surface area contributed by atoms with Crippen LogP contribution in [0.1, 0.15) is 57.4 Å². The third-order valence-corrected chi connectivity index (χ3v) is 6.40. The van der Waals surface area contributed by atoms with Crippen LogP contribution in [-0.2, 0) is 5.60 Å². The molecule has 0 bridgehead atoms. The maximum atomic E-state index is 11.7. The first-order valence-electron chi connectivity index (χ1n) is 9.59. The molecule has 24 heavy (non-hydrogen) atoms. The van der Waals surface area contributed by atoms with Gasteiger partial charge < -0.3 is 9.59 Å². The summed E-state index contributed by atoms with van der Waals surface area (Å²) in [4.78, 5) is 0. The van der Waals surface area contributed by atoms with E-state index in [0.717, 1.165) is 29.4 Å². The molecule has 2 nitrogen and oxygen atoms in total. The van der Waals surface area contributed by atoms with E-state index in [-0.39, 0.29) is 5.41 Å². The average molecular weight is 327 g/mol. The van der Waals surface area contributed by atoms with Gasteiger partial charge >= 0.3 is 0 Å². The van der Waals surface area contributed by atoms with Crippen molar-refractivity contribution in [2.75, 3.05) is 26.7 Å². The van der Waals surface area contributed by atoms with Crippen LogP contribution in [0.5, 0.6) is 0 Å². The Balaban J connectivity index is 1.88. The van der Waals surface area contributed by atoms with Crippen LogP contribution >= 0.6 is 0 Å². The summed E-state index contributed by atoms with van der Waals surface area (Å²) in [6, 6.07) is 10.1. The maximum absolute atomic E-state index is 11.7. The number of rotatable bonds is 3. The van der Waals surface area contributed by atoms with Gasteiger partial charge in [0.1, 0.15) is 6.54 Å². The second-order valence-electron chi connectivity index (χ2n) is 8.43. The SMILES string of the molecule is CC1([C@@](O)(C#CC[N+]2(C)CCCCC2)c2ccccc2)CCCC1. The van der Waals surface area contributed by atoms with Crippen LogP contribution < -0.4 is 0 Å². The molecule has 1 heterocycles. The van der Waals surface area contributed by atoms with E-state index in [1.165, 1.54) is 45.2 Å². The highest BCUT2D eigenvalue weighted by molar-refractivity contribution is 5.35. The number of piperidine rings is 1. The fourth-order valence-corrected chi connectivity index (χ4v) is 4.56. The van der Waals surface area contributed by atoms with E-state index in [4.69, 9.17) is 0 Å². The van der Waals surface area contributed by atoms with Gasteiger partial charge in [0, 0.05) is 5.41 Å². The van der Waals surface area contributed by atoms with Crippen molar-refractivity contribution in [3.05, 3.63) is 35.9 Å². The minimum Gasteiger partial charge on any atom is -0.373 e. The number of nitrogens with zero attached hydrogens (tertiary/aromatic N) is 1. The first-order valence-corrected chi connectivity index (χ1v) is 9.59. The molecule has 1 N–H and O–H groups in total. The molecule has 130 valence electrons. The van der Waals surface area contributed by atoms with Crippen molar-refractivity contribution in [1.82, 2.24) is 0 Å². The van der Waals surface area contributed by atoms with Crippen molar-refractivity contribution < 1.29 is 9.59 Å². The molecule has 2 fully saturated rings. The average Bonchev–Trinajstić information content (AvgIpc) is 3.04. The first-order chi connectivity index (χ1) is 11.5. The van der Waals surface area contributed by atoms with Crippen LogP contribution in [0, 0.1) is 17.3 Å². The molecule has 2 aliphatic rings. The summed E-state index contributed by atoms with van der Waals surface area (Å²) in [6.07, 6.45) is 8.46. The fraction of sp³-hybridized carbons (Fsp3) is 0.636. The van der Waals surface area contributed by atoms with Crippen molar-refractivity contribution in [2.45, 2.75) is 57.5 Å². The summed E-state index contributed by atoms with van der Waals surface area (Å²) in [5.74, 6) is 6.77. The molecule has 0 spiro atoms. The molecule has 0 radical (unpaired) electrons. The van der Waals surface area contributed by atoms with Gasteiger partial charge in [-0.05, 0) is 43.6 Å². The molecule has 0 amide bonds. The normalized spacial score (nSPS) is 24.6. The molecular weight excluding hydrogens is 294 g/mol. The largest absolute Gasteiger partial charge is 0.373 e. The van der Waals surface area contributed by atoms with E-state index in [1.54, 1.807) is 0 Å². The zero-order valence-electron chi connectivity index (χ0n) is 15.4. The van der Waals surface area contributed by atoms with Gasteiger partial charge in [-0.1, -0.05) is 56.0 Å². The Labute approximate surface area is 147 Å². The molecule has 0 aromatic heterocycles. The summed E-state index contributed by atoms with van der Waals surface area (Å²) >= 11 is 0. The van der Waals surface area contributed by atoms with Crippen molar-refractivity contribution in [3.8, 4) is 11.8 Å². The van der Waals surface area contributed by atoms with Gasteiger partial charge in [-0.3, -0.25) is 0 Å². The minimum atomic E-state index is -1.03. The van der Waals surface area contributed by atoms with Crippen LogP contribution in [0.4, 0.5) is 0 Å². The van der Waals surface area contributed by atoms with Gasteiger partial charge in [0.15, 0.2) is 5.60 Å². The third kappa shape index (κ3) is 3.39. The lowest BCUT2D eigenvalue weighted by Gasteiger charge is -2.40. The van der Waals surface area contributed by atoms with Crippen LogP contribution in [-0.4, -0.2) is 36.3 Å². The summed E-state index contributed by atoms with van der Waals surface area (Å²) in [5, 5.41) is 11.7. The smallest absolute Gasteiger partial charge is 0.156 e. The van der Waals surface area contributed by atoms with Gasteiger partial charge in [-0.25, -0.2) is 0 Å². The number of hydrogen-bond acceptors (Lipinski definition) is 1. The third-order valence-electron chi connectivity index (χ3n) is 6.40. The van der Waals surface area contributed by atoms with Crippen molar-refractivity contribution in [2.24, 2.45) is 5.41 Å². The summed E-state index contributed by atoms with van der Waals surface area (Å²) in [5.41, 5.74) is -0.204. The Morgan fingerprint density at radius 3 is 2.29 bits per heavy atom. The molecule has 2 heteroatoms. The Bertz CT molecular complexity index is 600. The Morgan fingerprint density at radius 1 is 1.04 bits per heavy atom. The molecule has 1 aliphatic heterocycles. The van der Waals surface area contributed by atoms with E-state index in [1.807, 2.05) is 30.3 Å². The zero-order valence-corrected chi connectivity index (χ0v) is 15.4. The van der Waals surface area contributed by atoms with Crippen LogP contribution in [0.2, 0.25) is 0 Å². The number of benzene rings is 1. The zero-order chi connectivity index (χ0) is 17.1. The maximum Gasteiger partial charge on any atom is 0.156 e. The van der Waals surface area contributed by atoms with Gasteiger partial charge in [0.2, 0.25) is 0 Å². The molecule has 1 saturated carbocycles. The summed E-state index contributed by atoms with van der Waals surface area (Å²) in [6.45, 7) is 5.51. The van der Waals surface area contributed by atoms with Crippen LogP contribution in [0.15, 0.2) is 30.3 Å². The quantitative estimate of drug-likeness (QED) is 0.655. The van der Waals surface area contributed by atoms with Crippen molar-refractivity contribution >= 4 is 0 Å². The van der Waals surface area contributed by atoms with Gasteiger partial charge in [-0.2, -0.15) is 0 Å². The molecular formula is C22H32NO+. The first kappa shape index (κ1) is 17.5. The van der Waals surface area contributed by atoms with Crippen LogP contribution in [0.25, 0.3) is 0 Å². The topological polar surface area (TPSA) is 20.2 Å². The lowest BCUT2D eigenvalue weighted by atomic mass is 9.68. The number of hydrogen-bond donors (Lipinski definition) is 1. The highest BCUT2D eigenvalue weighted by Gasteiger charge is 2.48. The Morgan fingerprint density at radius 2 is 1.67 bits per heavy atom. The number of likely N-dealkylation sites (tertiary alicyclic amines) is 1. The van der Waals surface area contributed by atoms with E-state index in [9.17, 15) is 5.11 Å². The monoisotopic (exact) mass is 326 g/mol. The Hall–Kier alpha value is -1.30. The Kier molecular flexibility index (Phi) is 5.04. The fourth-order valence-electron chi connectivity index (χ4n) is 4.56. The second-order valence-corrected chi connectivity index (χ2v) is 8.43.